The number of nitrogens with two attached hydrogens (primary N) is 1. The number of likely N-dealkylation sites (tertiary alicyclic amines) is 1. The summed E-state index contributed by atoms with van der Waals surface area (Å²) in [6, 6.07) is 2.57. The van der Waals surface area contributed by atoms with Gasteiger partial charge < -0.3 is 25.2 Å². The summed E-state index contributed by atoms with van der Waals surface area (Å²) >= 11 is 0. The van der Waals surface area contributed by atoms with Crippen LogP contribution in [0.5, 0.6) is 0 Å². The Morgan fingerprint density at radius 1 is 0.973 bits per heavy atom. The maximum atomic E-state index is 15.0. The number of piperidine rings is 1. The summed E-state index contributed by atoms with van der Waals surface area (Å²) in [4.78, 5) is 45.8. The standard InChI is InChI=1S/C26H35F2N5O4/c1-26(2,3)37-25(36)33-8-6-16(7-9-33)24(35)32-12-10-31(11-13-32)17-14-19(27)22(20(28)15-17)18-4-5-21(34)30-23(18)29/h14-16,18H,4-13H2,1-3H3,(H2,29,30,34). The van der Waals surface area contributed by atoms with Gasteiger partial charge in [0.25, 0.3) is 0 Å². The molecule has 3 aliphatic heterocycles. The molecule has 1 aromatic carbocycles. The minimum absolute atomic E-state index is 0.0535. The molecule has 3 heterocycles. The summed E-state index contributed by atoms with van der Waals surface area (Å²) in [6.07, 6.45) is 1.12. The Bertz CT molecular complexity index is 1060. The summed E-state index contributed by atoms with van der Waals surface area (Å²) in [5.74, 6) is -2.75. The van der Waals surface area contributed by atoms with Crippen LogP contribution in [0.4, 0.5) is 19.3 Å². The number of hydrogen-bond donors (Lipinski definition) is 1. The zero-order chi connectivity index (χ0) is 26.9. The molecule has 4 rings (SSSR count). The number of amidine groups is 1. The Balaban J connectivity index is 1.32. The summed E-state index contributed by atoms with van der Waals surface area (Å²) < 4.78 is 35.4. The molecule has 11 heteroatoms. The molecule has 3 aliphatic rings. The van der Waals surface area contributed by atoms with Gasteiger partial charge >= 0.3 is 6.09 Å². The number of aliphatic imine (C=N–C) groups is 1. The van der Waals surface area contributed by atoms with Crippen molar-refractivity contribution in [3.05, 3.63) is 29.3 Å². The highest BCUT2D eigenvalue weighted by atomic mass is 19.1. The molecule has 0 spiro atoms. The summed E-state index contributed by atoms with van der Waals surface area (Å²) in [5, 5.41) is 0. The van der Waals surface area contributed by atoms with E-state index in [2.05, 4.69) is 4.99 Å². The highest BCUT2D eigenvalue weighted by Crippen LogP contribution is 2.33. The van der Waals surface area contributed by atoms with Gasteiger partial charge in [-0.15, -0.1) is 0 Å². The molecule has 2 fully saturated rings. The Morgan fingerprint density at radius 2 is 1.57 bits per heavy atom. The van der Waals surface area contributed by atoms with Gasteiger partial charge in [-0.05, 0) is 52.2 Å². The van der Waals surface area contributed by atoms with Gasteiger partial charge in [-0.25, -0.2) is 18.6 Å². The number of hydrogen-bond acceptors (Lipinski definition) is 6. The molecule has 2 saturated heterocycles. The van der Waals surface area contributed by atoms with E-state index in [4.69, 9.17) is 10.5 Å². The van der Waals surface area contributed by atoms with Crippen LogP contribution >= 0.6 is 0 Å². The van der Waals surface area contributed by atoms with Crippen LogP contribution in [-0.2, 0) is 14.3 Å². The van der Waals surface area contributed by atoms with Crippen LogP contribution in [-0.4, -0.2) is 78.4 Å². The van der Waals surface area contributed by atoms with Crippen LogP contribution in [0.15, 0.2) is 17.1 Å². The molecule has 9 nitrogen and oxygen atoms in total. The Kier molecular flexibility index (Phi) is 7.70. The first-order valence-electron chi connectivity index (χ1n) is 12.8. The molecule has 2 N–H and O–H groups in total. The zero-order valence-corrected chi connectivity index (χ0v) is 21.6. The third-order valence-electron chi connectivity index (χ3n) is 7.12. The summed E-state index contributed by atoms with van der Waals surface area (Å²) in [5.41, 5.74) is 5.47. The van der Waals surface area contributed by atoms with Crippen molar-refractivity contribution in [2.24, 2.45) is 16.6 Å². The molecule has 1 unspecified atom stereocenters. The highest BCUT2D eigenvalue weighted by molar-refractivity contribution is 5.99. The molecule has 0 aromatic heterocycles. The molecule has 1 atom stereocenters. The second-order valence-electron chi connectivity index (χ2n) is 10.9. The van der Waals surface area contributed by atoms with Crippen molar-refractivity contribution in [3.8, 4) is 0 Å². The average Bonchev–Trinajstić information content (AvgIpc) is 2.83. The second kappa shape index (κ2) is 10.6. The monoisotopic (exact) mass is 519 g/mol. The zero-order valence-electron chi connectivity index (χ0n) is 21.6. The number of nitrogens with zero attached hydrogens (tertiary/aromatic N) is 4. The summed E-state index contributed by atoms with van der Waals surface area (Å²) in [7, 11) is 0. The van der Waals surface area contributed by atoms with E-state index in [-0.39, 0.29) is 48.1 Å². The van der Waals surface area contributed by atoms with Gasteiger partial charge in [0.1, 0.15) is 23.1 Å². The van der Waals surface area contributed by atoms with Gasteiger partial charge in [0, 0.05) is 68.8 Å². The van der Waals surface area contributed by atoms with Crippen LogP contribution in [0.25, 0.3) is 0 Å². The van der Waals surface area contributed by atoms with E-state index in [0.717, 1.165) is 0 Å². The molecule has 3 amide bonds. The number of amides is 3. The number of ether oxygens (including phenoxy) is 1. The average molecular weight is 520 g/mol. The number of piperazine rings is 1. The van der Waals surface area contributed by atoms with Crippen molar-refractivity contribution in [1.29, 1.82) is 0 Å². The van der Waals surface area contributed by atoms with E-state index < -0.39 is 23.2 Å². The Morgan fingerprint density at radius 3 is 2.11 bits per heavy atom. The number of benzene rings is 1. The first-order valence-corrected chi connectivity index (χ1v) is 12.8. The van der Waals surface area contributed by atoms with Crippen LogP contribution < -0.4 is 10.6 Å². The van der Waals surface area contributed by atoms with Crippen molar-refractivity contribution >= 4 is 29.4 Å². The molecule has 0 bridgehead atoms. The lowest BCUT2D eigenvalue weighted by molar-refractivity contribution is -0.137. The third-order valence-corrected chi connectivity index (χ3v) is 7.12. The molecule has 0 radical (unpaired) electrons. The number of carbonyl (C=O) groups excluding carboxylic acids is 3. The molecule has 0 saturated carbocycles. The normalized spacial score (nSPS) is 21.6. The van der Waals surface area contributed by atoms with Crippen LogP contribution in [0.2, 0.25) is 0 Å². The Labute approximate surface area is 215 Å². The van der Waals surface area contributed by atoms with E-state index in [1.54, 1.807) is 9.80 Å². The highest BCUT2D eigenvalue weighted by Gasteiger charge is 2.34. The van der Waals surface area contributed by atoms with Crippen molar-refractivity contribution in [3.63, 3.8) is 0 Å². The number of anilines is 1. The van der Waals surface area contributed by atoms with E-state index >= 15 is 0 Å². The van der Waals surface area contributed by atoms with E-state index in [0.29, 0.717) is 57.8 Å². The van der Waals surface area contributed by atoms with Crippen molar-refractivity contribution < 1.29 is 27.9 Å². The van der Waals surface area contributed by atoms with Crippen LogP contribution in [0.3, 0.4) is 0 Å². The van der Waals surface area contributed by atoms with Gasteiger partial charge in [-0.3, -0.25) is 9.59 Å². The third kappa shape index (κ3) is 6.19. The van der Waals surface area contributed by atoms with Gasteiger partial charge in [0.05, 0.1) is 0 Å². The number of carbonyl (C=O) groups is 3. The largest absolute Gasteiger partial charge is 0.444 e. The minimum atomic E-state index is -0.761. The fraction of sp³-hybridized carbons (Fsp3) is 0.615. The fourth-order valence-electron chi connectivity index (χ4n) is 5.15. The maximum Gasteiger partial charge on any atom is 0.410 e. The van der Waals surface area contributed by atoms with Crippen LogP contribution in [0.1, 0.15) is 57.9 Å². The molecule has 0 aliphatic carbocycles. The smallest absolute Gasteiger partial charge is 0.410 e. The second-order valence-corrected chi connectivity index (χ2v) is 10.9. The maximum absolute atomic E-state index is 15.0. The van der Waals surface area contributed by atoms with Crippen LogP contribution in [0, 0.1) is 17.6 Å². The van der Waals surface area contributed by atoms with Crippen molar-refractivity contribution in [2.75, 3.05) is 44.2 Å². The van der Waals surface area contributed by atoms with Gasteiger partial charge in [0.15, 0.2) is 0 Å². The number of rotatable bonds is 3. The van der Waals surface area contributed by atoms with Crippen molar-refractivity contribution in [2.45, 2.75) is 58.0 Å². The molecular formula is C26H35F2N5O4. The van der Waals surface area contributed by atoms with Gasteiger partial charge in [-0.2, -0.15) is 0 Å². The predicted molar refractivity (Wildman–Crippen MR) is 134 cm³/mol. The lowest BCUT2D eigenvalue weighted by Gasteiger charge is -2.39. The Hall–Kier alpha value is -3.24. The minimum Gasteiger partial charge on any atom is -0.444 e. The van der Waals surface area contributed by atoms with Gasteiger partial charge in [-0.1, -0.05) is 0 Å². The van der Waals surface area contributed by atoms with E-state index in [1.807, 2.05) is 25.7 Å². The van der Waals surface area contributed by atoms with Crippen molar-refractivity contribution in [1.82, 2.24) is 9.80 Å². The van der Waals surface area contributed by atoms with E-state index in [1.165, 1.54) is 12.1 Å². The molecular weight excluding hydrogens is 484 g/mol. The number of halogens is 2. The van der Waals surface area contributed by atoms with E-state index in [9.17, 15) is 23.2 Å². The molecule has 37 heavy (non-hydrogen) atoms. The SMILES string of the molecule is CC(C)(C)OC(=O)N1CCC(C(=O)N2CCN(c3cc(F)c(C4CCC(=O)N=C4N)c(F)c3)CC2)CC1. The van der Waals surface area contributed by atoms with Gasteiger partial charge in [0.2, 0.25) is 11.8 Å². The quantitative estimate of drug-likeness (QED) is 0.658. The molecule has 1 aromatic rings. The fourth-order valence-corrected chi connectivity index (χ4v) is 5.15. The first kappa shape index (κ1) is 26.8. The lowest BCUT2D eigenvalue weighted by atomic mass is 9.90. The topological polar surface area (TPSA) is 109 Å². The lowest BCUT2D eigenvalue weighted by Crippen LogP contribution is -2.52. The summed E-state index contributed by atoms with van der Waals surface area (Å²) in [6.45, 7) is 8.19. The first-order chi connectivity index (χ1) is 17.4. The molecule has 202 valence electrons. The predicted octanol–water partition coefficient (Wildman–Crippen LogP) is 3.02.